The lowest BCUT2D eigenvalue weighted by Crippen LogP contribution is -2.40. The van der Waals surface area contributed by atoms with E-state index in [2.05, 4.69) is 10.4 Å². The molecule has 20 heavy (non-hydrogen) atoms. The Hall–Kier alpha value is -1.85. The molecular formula is C14H21N3O3. The highest BCUT2D eigenvalue weighted by Crippen LogP contribution is 2.24. The van der Waals surface area contributed by atoms with Crippen LogP contribution in [0.4, 0.5) is 0 Å². The van der Waals surface area contributed by atoms with E-state index in [1.807, 2.05) is 6.92 Å². The summed E-state index contributed by atoms with van der Waals surface area (Å²) in [5.74, 6) is -1.25. The van der Waals surface area contributed by atoms with Gasteiger partial charge in [-0.25, -0.2) is 0 Å². The van der Waals surface area contributed by atoms with Crippen molar-refractivity contribution in [2.24, 2.45) is 13.0 Å². The molecule has 1 aliphatic rings. The zero-order valence-electron chi connectivity index (χ0n) is 11.9. The zero-order valence-corrected chi connectivity index (χ0v) is 11.9. The average Bonchev–Trinajstić information content (AvgIpc) is 2.80. The molecule has 6 nitrogen and oxygen atoms in total. The van der Waals surface area contributed by atoms with Gasteiger partial charge in [0.1, 0.15) is 0 Å². The molecule has 0 saturated heterocycles. The Kier molecular flexibility index (Phi) is 4.42. The zero-order chi connectivity index (χ0) is 14.7. The fourth-order valence-electron chi connectivity index (χ4n) is 2.79. The maximum atomic E-state index is 12.3. The number of nitrogens with zero attached hydrogens (tertiary/aromatic N) is 2. The van der Waals surface area contributed by atoms with Crippen molar-refractivity contribution in [2.75, 3.05) is 0 Å². The number of carbonyl (C=O) groups excluding carboxylic acids is 1. The van der Waals surface area contributed by atoms with Gasteiger partial charge in [-0.1, -0.05) is 13.3 Å². The minimum absolute atomic E-state index is 0.0535. The van der Waals surface area contributed by atoms with Gasteiger partial charge < -0.3 is 10.4 Å². The smallest absolute Gasteiger partial charge is 0.306 e. The van der Waals surface area contributed by atoms with Crippen LogP contribution in [0.5, 0.6) is 0 Å². The van der Waals surface area contributed by atoms with Crippen molar-refractivity contribution >= 4 is 11.9 Å². The van der Waals surface area contributed by atoms with Gasteiger partial charge >= 0.3 is 5.97 Å². The van der Waals surface area contributed by atoms with E-state index in [1.165, 1.54) is 0 Å². The third-order valence-electron chi connectivity index (χ3n) is 3.84. The van der Waals surface area contributed by atoms with Crippen LogP contribution in [0.1, 0.15) is 48.7 Å². The van der Waals surface area contributed by atoms with Gasteiger partial charge in [0, 0.05) is 19.3 Å². The lowest BCUT2D eigenvalue weighted by Gasteiger charge is -2.27. The number of aryl methyl sites for hydroxylation is 2. The topological polar surface area (TPSA) is 84.2 Å². The summed E-state index contributed by atoms with van der Waals surface area (Å²) in [5.41, 5.74) is 1.36. The molecule has 1 heterocycles. The molecule has 0 spiro atoms. The first-order valence-electron chi connectivity index (χ1n) is 7.07. The molecule has 0 radical (unpaired) electrons. The van der Waals surface area contributed by atoms with Gasteiger partial charge in [0.25, 0.3) is 5.91 Å². The Morgan fingerprint density at radius 3 is 2.90 bits per heavy atom. The molecule has 6 heteroatoms. The lowest BCUT2D eigenvalue weighted by molar-refractivity contribution is -0.143. The van der Waals surface area contributed by atoms with Crippen molar-refractivity contribution in [1.29, 1.82) is 0 Å². The molecule has 1 fully saturated rings. The largest absolute Gasteiger partial charge is 0.481 e. The van der Waals surface area contributed by atoms with Crippen molar-refractivity contribution in [3.05, 3.63) is 17.5 Å². The van der Waals surface area contributed by atoms with Crippen LogP contribution in [-0.2, 0) is 18.3 Å². The second kappa shape index (κ2) is 6.07. The third kappa shape index (κ3) is 3.18. The van der Waals surface area contributed by atoms with Gasteiger partial charge in [0.05, 0.1) is 17.2 Å². The predicted molar refractivity (Wildman–Crippen MR) is 73.4 cm³/mol. The van der Waals surface area contributed by atoms with E-state index < -0.39 is 5.97 Å². The fraction of sp³-hybridized carbons (Fsp3) is 0.643. The summed E-state index contributed by atoms with van der Waals surface area (Å²) in [5, 5.41) is 16.3. The van der Waals surface area contributed by atoms with Gasteiger partial charge in [0.2, 0.25) is 0 Å². The molecule has 1 aromatic rings. The monoisotopic (exact) mass is 279 g/mol. The van der Waals surface area contributed by atoms with E-state index in [0.717, 1.165) is 18.5 Å². The summed E-state index contributed by atoms with van der Waals surface area (Å²) >= 11 is 0. The number of hydrogen-bond acceptors (Lipinski definition) is 3. The first-order chi connectivity index (χ1) is 9.51. The molecule has 2 unspecified atom stereocenters. The van der Waals surface area contributed by atoms with Crippen molar-refractivity contribution in [3.8, 4) is 0 Å². The molecule has 1 amide bonds. The van der Waals surface area contributed by atoms with E-state index in [1.54, 1.807) is 17.9 Å². The number of carboxylic acid groups (broad SMARTS) is 1. The van der Waals surface area contributed by atoms with Crippen LogP contribution in [0.3, 0.4) is 0 Å². The van der Waals surface area contributed by atoms with Crippen LogP contribution < -0.4 is 5.32 Å². The van der Waals surface area contributed by atoms with Crippen molar-refractivity contribution < 1.29 is 14.7 Å². The van der Waals surface area contributed by atoms with Crippen molar-refractivity contribution in [3.63, 3.8) is 0 Å². The normalized spacial score (nSPS) is 22.5. The number of rotatable bonds is 4. The SMILES string of the molecule is CCc1nn(C)cc1C(=O)NC1CCCC(C(=O)O)C1. The lowest BCUT2D eigenvalue weighted by atomic mass is 9.85. The Morgan fingerprint density at radius 2 is 2.25 bits per heavy atom. The summed E-state index contributed by atoms with van der Waals surface area (Å²) in [6.45, 7) is 1.96. The summed E-state index contributed by atoms with van der Waals surface area (Å²) in [6, 6.07) is -0.0535. The van der Waals surface area contributed by atoms with Crippen LogP contribution >= 0.6 is 0 Å². The second-order valence-electron chi connectivity index (χ2n) is 5.39. The van der Waals surface area contributed by atoms with Crippen LogP contribution in [0.2, 0.25) is 0 Å². The quantitative estimate of drug-likeness (QED) is 0.871. The van der Waals surface area contributed by atoms with Gasteiger partial charge in [-0.2, -0.15) is 5.10 Å². The first kappa shape index (κ1) is 14.6. The van der Waals surface area contributed by atoms with Crippen LogP contribution in [0.15, 0.2) is 6.20 Å². The highest BCUT2D eigenvalue weighted by Gasteiger charge is 2.28. The minimum Gasteiger partial charge on any atom is -0.481 e. The highest BCUT2D eigenvalue weighted by molar-refractivity contribution is 5.95. The molecule has 2 N–H and O–H groups in total. The Labute approximate surface area is 118 Å². The molecule has 0 bridgehead atoms. The van der Waals surface area contributed by atoms with E-state index in [0.29, 0.717) is 24.8 Å². The van der Waals surface area contributed by atoms with Gasteiger partial charge in [-0.05, 0) is 25.7 Å². The Bertz CT molecular complexity index is 510. The molecule has 0 aliphatic heterocycles. The van der Waals surface area contributed by atoms with Crippen molar-refractivity contribution in [2.45, 2.75) is 45.1 Å². The highest BCUT2D eigenvalue weighted by atomic mass is 16.4. The predicted octanol–water partition coefficient (Wildman–Crippen LogP) is 1.36. The number of hydrogen-bond donors (Lipinski definition) is 2. The van der Waals surface area contributed by atoms with Crippen molar-refractivity contribution in [1.82, 2.24) is 15.1 Å². The molecule has 2 atom stereocenters. The third-order valence-corrected chi connectivity index (χ3v) is 3.84. The van der Waals surface area contributed by atoms with Crippen LogP contribution in [0.25, 0.3) is 0 Å². The van der Waals surface area contributed by atoms with E-state index in [4.69, 9.17) is 5.11 Å². The summed E-state index contributed by atoms with van der Waals surface area (Å²) < 4.78 is 1.63. The number of aromatic nitrogens is 2. The molecule has 1 aliphatic carbocycles. The number of carbonyl (C=O) groups is 2. The maximum Gasteiger partial charge on any atom is 0.306 e. The summed E-state index contributed by atoms with van der Waals surface area (Å²) in [7, 11) is 1.79. The number of aliphatic carboxylic acids is 1. The minimum atomic E-state index is -0.764. The van der Waals surface area contributed by atoms with Crippen LogP contribution in [0, 0.1) is 5.92 Å². The Morgan fingerprint density at radius 1 is 1.50 bits per heavy atom. The maximum absolute atomic E-state index is 12.3. The molecular weight excluding hydrogens is 258 g/mol. The van der Waals surface area contributed by atoms with E-state index in [9.17, 15) is 9.59 Å². The van der Waals surface area contributed by atoms with Gasteiger partial charge in [0.15, 0.2) is 0 Å². The number of carboxylic acids is 1. The second-order valence-corrected chi connectivity index (χ2v) is 5.39. The molecule has 1 aromatic heterocycles. The van der Waals surface area contributed by atoms with Gasteiger partial charge in [-0.3, -0.25) is 14.3 Å². The fourth-order valence-corrected chi connectivity index (χ4v) is 2.79. The molecule has 0 aromatic carbocycles. The standard InChI is InChI=1S/C14H21N3O3/c1-3-12-11(8-17(2)16-12)13(18)15-10-6-4-5-9(7-10)14(19)20/h8-10H,3-7H2,1-2H3,(H,15,18)(H,19,20). The first-order valence-corrected chi connectivity index (χ1v) is 7.07. The molecule has 110 valence electrons. The molecule has 1 saturated carbocycles. The summed E-state index contributed by atoms with van der Waals surface area (Å²) in [4.78, 5) is 23.3. The number of nitrogens with one attached hydrogen (secondary N) is 1. The summed E-state index contributed by atoms with van der Waals surface area (Å²) in [6.07, 6.45) is 5.32. The van der Waals surface area contributed by atoms with E-state index in [-0.39, 0.29) is 17.9 Å². The Balaban J connectivity index is 2.02. The molecule has 2 rings (SSSR count). The van der Waals surface area contributed by atoms with E-state index >= 15 is 0 Å². The van der Waals surface area contributed by atoms with Crippen LogP contribution in [-0.4, -0.2) is 32.8 Å². The number of amides is 1. The average molecular weight is 279 g/mol. The van der Waals surface area contributed by atoms with Gasteiger partial charge in [-0.15, -0.1) is 0 Å².